The second kappa shape index (κ2) is 17.9. The van der Waals surface area contributed by atoms with Crippen molar-refractivity contribution in [3.8, 4) is 0 Å². The molecule has 3 saturated heterocycles. The van der Waals surface area contributed by atoms with Crippen LogP contribution < -0.4 is 0 Å². The molecule has 0 bridgehead atoms. The van der Waals surface area contributed by atoms with Gasteiger partial charge in [-0.3, -0.25) is 4.79 Å². The Hall–Kier alpha value is -2.12. The van der Waals surface area contributed by atoms with Gasteiger partial charge < -0.3 is 43.5 Å². The SMILES string of the molecule is CCC(OC)C(C)C1OC1C(OC(=O)N1CCCC1)C(C)/C=C/C=C(\C)C1OC2OC2CC(O)CCC(C)(O)C(OCC(C)=O)/C=C/C1C. The third-order valence-corrected chi connectivity index (χ3v) is 10.5. The summed E-state index contributed by atoms with van der Waals surface area (Å²) in [6.45, 7) is 14.7. The molecule has 3 fully saturated rings. The minimum Gasteiger partial charge on any atom is -0.443 e. The number of carbonyl (C=O) groups excluding carboxylic acids is 2. The Morgan fingerprint density at radius 3 is 2.47 bits per heavy atom. The van der Waals surface area contributed by atoms with Gasteiger partial charge in [-0.1, -0.05) is 58.1 Å². The Labute approximate surface area is 293 Å². The van der Waals surface area contributed by atoms with Crippen molar-refractivity contribution in [3.05, 3.63) is 36.0 Å². The molecule has 0 aromatic rings. The Balaban J connectivity index is 1.51. The van der Waals surface area contributed by atoms with E-state index in [9.17, 15) is 19.8 Å². The summed E-state index contributed by atoms with van der Waals surface area (Å²) in [5.41, 5.74) is -0.341. The molecule has 0 aromatic carbocycles. The molecule has 4 aliphatic heterocycles. The summed E-state index contributed by atoms with van der Waals surface area (Å²) in [6, 6.07) is 0. The molecule has 278 valence electrons. The number of fused-ring (bicyclic) bond motifs is 1. The Kier molecular flexibility index (Phi) is 14.5. The maximum atomic E-state index is 13.1. The lowest BCUT2D eigenvalue weighted by Crippen LogP contribution is -2.41. The molecule has 13 unspecified atom stereocenters. The fourth-order valence-corrected chi connectivity index (χ4v) is 7.16. The van der Waals surface area contributed by atoms with Crippen molar-refractivity contribution in [3.63, 3.8) is 0 Å². The standard InChI is InChI=1S/C38H61NO10/c1-9-29(44-8)27(6)34-35(47-34)33(49-37(42)39-19-10-11-20-39)24(3)14-12-13-23(2)32-25(4)15-16-31(45-22-26(5)40)38(7,43)18-17-28(41)21-30-36(46-30)48-32/h12-16,24-25,27-36,41,43H,9-11,17-22H2,1-8H3/b14-12+,16-15+,23-13+. The molecule has 0 saturated carbocycles. The maximum Gasteiger partial charge on any atom is 0.410 e. The van der Waals surface area contributed by atoms with Crippen LogP contribution in [0.15, 0.2) is 36.0 Å². The topological polar surface area (TPSA) is 140 Å². The summed E-state index contributed by atoms with van der Waals surface area (Å²) in [5, 5.41) is 22.0. The normalized spacial score (nSPS) is 37.2. The number of likely N-dealkylation sites (tertiary alicyclic amines) is 1. The monoisotopic (exact) mass is 691 g/mol. The Bertz CT molecular complexity index is 1180. The van der Waals surface area contributed by atoms with Crippen molar-refractivity contribution in [2.24, 2.45) is 17.8 Å². The molecule has 2 N–H and O–H groups in total. The molecular formula is C38H61NO10. The van der Waals surface area contributed by atoms with Crippen LogP contribution in [0.3, 0.4) is 0 Å². The highest BCUT2D eigenvalue weighted by Gasteiger charge is 2.53. The van der Waals surface area contributed by atoms with Crippen molar-refractivity contribution < 1.29 is 48.2 Å². The third-order valence-electron chi connectivity index (χ3n) is 10.5. The highest BCUT2D eigenvalue weighted by Crippen LogP contribution is 2.40. The van der Waals surface area contributed by atoms with E-state index in [4.69, 9.17) is 28.4 Å². The van der Waals surface area contributed by atoms with Gasteiger partial charge in [0.2, 0.25) is 0 Å². The van der Waals surface area contributed by atoms with Crippen LogP contribution in [0, 0.1) is 17.8 Å². The fraction of sp³-hybridized carbons (Fsp3) is 0.789. The van der Waals surface area contributed by atoms with E-state index >= 15 is 0 Å². The number of ketones is 1. The van der Waals surface area contributed by atoms with Crippen LogP contribution in [0.25, 0.3) is 0 Å². The lowest BCUT2D eigenvalue weighted by Gasteiger charge is -2.32. The van der Waals surface area contributed by atoms with Gasteiger partial charge >= 0.3 is 6.09 Å². The number of carbonyl (C=O) groups is 2. The number of allylic oxidation sites excluding steroid dienone is 2. The average molecular weight is 692 g/mol. The van der Waals surface area contributed by atoms with Crippen LogP contribution in [0.4, 0.5) is 4.79 Å². The van der Waals surface area contributed by atoms with E-state index in [1.807, 2.05) is 45.1 Å². The van der Waals surface area contributed by atoms with Gasteiger partial charge in [0.05, 0.1) is 30.0 Å². The van der Waals surface area contributed by atoms with E-state index < -0.39 is 30.2 Å². The number of hydrogen-bond donors (Lipinski definition) is 2. The van der Waals surface area contributed by atoms with Gasteiger partial charge in [0, 0.05) is 44.4 Å². The van der Waals surface area contributed by atoms with Crippen LogP contribution >= 0.6 is 0 Å². The van der Waals surface area contributed by atoms with Crippen LogP contribution in [0.5, 0.6) is 0 Å². The van der Waals surface area contributed by atoms with Gasteiger partial charge in [-0.15, -0.1) is 0 Å². The molecule has 11 heteroatoms. The van der Waals surface area contributed by atoms with E-state index in [0.717, 1.165) is 24.8 Å². The van der Waals surface area contributed by atoms with Crippen molar-refractivity contribution in [1.82, 2.24) is 4.90 Å². The van der Waals surface area contributed by atoms with Gasteiger partial charge in [0.25, 0.3) is 0 Å². The first-order chi connectivity index (χ1) is 23.2. The number of aliphatic hydroxyl groups is 2. The van der Waals surface area contributed by atoms with Crippen molar-refractivity contribution in [2.75, 3.05) is 26.8 Å². The van der Waals surface area contributed by atoms with Gasteiger partial charge in [-0.2, -0.15) is 0 Å². The van der Waals surface area contributed by atoms with Gasteiger partial charge in [-0.25, -0.2) is 4.79 Å². The zero-order chi connectivity index (χ0) is 35.9. The van der Waals surface area contributed by atoms with E-state index in [1.54, 1.807) is 25.0 Å². The highest BCUT2D eigenvalue weighted by molar-refractivity contribution is 5.76. The molecule has 4 aliphatic rings. The second-order valence-corrected chi connectivity index (χ2v) is 14.9. The summed E-state index contributed by atoms with van der Waals surface area (Å²) < 4.78 is 36.1. The predicted molar refractivity (Wildman–Crippen MR) is 185 cm³/mol. The number of nitrogens with zero attached hydrogens (tertiary/aromatic N) is 1. The fourth-order valence-electron chi connectivity index (χ4n) is 7.16. The summed E-state index contributed by atoms with van der Waals surface area (Å²) in [4.78, 5) is 26.6. The zero-order valence-electron chi connectivity index (χ0n) is 30.8. The number of methoxy groups -OCH3 is 1. The molecule has 13 atom stereocenters. The lowest BCUT2D eigenvalue weighted by atomic mass is 9.89. The third kappa shape index (κ3) is 11.2. The van der Waals surface area contributed by atoms with Crippen molar-refractivity contribution in [2.45, 2.75) is 148 Å². The van der Waals surface area contributed by atoms with Crippen molar-refractivity contribution >= 4 is 11.9 Å². The number of epoxide rings is 2. The van der Waals surface area contributed by atoms with E-state index in [0.29, 0.717) is 32.4 Å². The first-order valence-electron chi connectivity index (χ1n) is 18.2. The smallest absolute Gasteiger partial charge is 0.410 e. The van der Waals surface area contributed by atoms with Crippen LogP contribution in [0.1, 0.15) is 87.0 Å². The minimum absolute atomic E-state index is 0.0510. The van der Waals surface area contributed by atoms with E-state index in [-0.39, 0.29) is 66.8 Å². The quantitative estimate of drug-likeness (QED) is 0.152. The number of ether oxygens (including phenoxy) is 6. The number of aliphatic hydroxyl groups excluding tert-OH is 1. The van der Waals surface area contributed by atoms with E-state index in [1.165, 1.54) is 6.92 Å². The summed E-state index contributed by atoms with van der Waals surface area (Å²) in [5.74, 6) is -0.239. The Morgan fingerprint density at radius 1 is 1.10 bits per heavy atom. The molecule has 0 spiro atoms. The first-order valence-corrected chi connectivity index (χ1v) is 18.2. The molecule has 4 heterocycles. The number of amides is 1. The molecule has 11 nitrogen and oxygen atoms in total. The van der Waals surface area contributed by atoms with Crippen LogP contribution in [-0.2, 0) is 33.2 Å². The summed E-state index contributed by atoms with van der Waals surface area (Å²) in [6.07, 6.45) is 10.3. The largest absolute Gasteiger partial charge is 0.443 e. The molecular weight excluding hydrogens is 630 g/mol. The number of rotatable bonds is 13. The van der Waals surface area contributed by atoms with Crippen molar-refractivity contribution in [1.29, 1.82) is 0 Å². The second-order valence-electron chi connectivity index (χ2n) is 14.9. The molecule has 0 aliphatic carbocycles. The van der Waals surface area contributed by atoms with Gasteiger partial charge in [-0.05, 0) is 58.4 Å². The molecule has 49 heavy (non-hydrogen) atoms. The summed E-state index contributed by atoms with van der Waals surface area (Å²) in [7, 11) is 1.72. The minimum atomic E-state index is -1.29. The first kappa shape index (κ1) is 39.7. The molecule has 4 rings (SSSR count). The Morgan fingerprint density at radius 2 is 1.82 bits per heavy atom. The maximum absolute atomic E-state index is 13.1. The summed E-state index contributed by atoms with van der Waals surface area (Å²) >= 11 is 0. The molecule has 0 radical (unpaired) electrons. The molecule has 1 amide bonds. The predicted octanol–water partition coefficient (Wildman–Crippen LogP) is 5.13. The molecule has 0 aromatic heterocycles. The van der Waals surface area contributed by atoms with Gasteiger partial charge in [0.1, 0.15) is 31.0 Å². The number of Topliss-reactive ketones (excluding diaryl/α,β-unsaturated/α-hetero) is 1. The zero-order valence-corrected chi connectivity index (χ0v) is 30.8. The van der Waals surface area contributed by atoms with E-state index in [2.05, 4.69) is 13.8 Å². The highest BCUT2D eigenvalue weighted by atomic mass is 16.8. The average Bonchev–Trinajstić information content (AvgIpc) is 3.94. The van der Waals surface area contributed by atoms with Crippen LogP contribution in [-0.4, -0.2) is 115 Å². The van der Waals surface area contributed by atoms with Crippen LogP contribution in [0.2, 0.25) is 0 Å². The lowest BCUT2D eigenvalue weighted by molar-refractivity contribution is -0.129. The number of hydrogen-bond acceptors (Lipinski definition) is 10. The van der Waals surface area contributed by atoms with Gasteiger partial charge in [0.15, 0.2) is 12.1 Å².